The number of nitrogens with one attached hydrogen (secondary N) is 1. The maximum Gasteiger partial charge on any atom is 0.192 e. The number of hydrogen-bond acceptors (Lipinski definition) is 2. The second-order valence-corrected chi connectivity index (χ2v) is 4.11. The van der Waals surface area contributed by atoms with Gasteiger partial charge in [-0.3, -0.25) is 4.79 Å². The Balaban J connectivity index is 2.38. The van der Waals surface area contributed by atoms with Crippen LogP contribution in [0, 0.1) is 0 Å². The first kappa shape index (κ1) is 10.8. The predicted molar refractivity (Wildman–Crippen MR) is 71.1 cm³/mol. The third-order valence-corrected chi connectivity index (χ3v) is 2.99. The van der Waals surface area contributed by atoms with Crippen molar-refractivity contribution >= 4 is 11.0 Å². The van der Waals surface area contributed by atoms with Crippen LogP contribution in [0.5, 0.6) is 0 Å². The van der Waals surface area contributed by atoms with Crippen LogP contribution in [0.15, 0.2) is 47.4 Å². The minimum absolute atomic E-state index is 0.0165. The van der Waals surface area contributed by atoms with Gasteiger partial charge in [-0.15, -0.1) is 0 Å². The standard InChI is InChI=1S/C14H13N3O/c1-2-11-13-12(18)8-9-15-14(13)17(16-11)10-6-4-3-5-7-10/h3-9H,2H2,1H3,(H,15,18). The first-order chi connectivity index (χ1) is 8.81. The number of aromatic nitrogens is 3. The number of benzene rings is 1. The third kappa shape index (κ3) is 1.54. The van der Waals surface area contributed by atoms with Crippen LogP contribution in [0.25, 0.3) is 16.7 Å². The van der Waals surface area contributed by atoms with E-state index in [4.69, 9.17) is 0 Å². The van der Waals surface area contributed by atoms with Gasteiger partial charge in [0.15, 0.2) is 5.43 Å². The fourth-order valence-electron chi connectivity index (χ4n) is 2.14. The number of fused-ring (bicyclic) bond motifs is 1. The summed E-state index contributed by atoms with van der Waals surface area (Å²) in [6.07, 6.45) is 2.40. The number of aryl methyl sites for hydroxylation is 1. The van der Waals surface area contributed by atoms with Crippen molar-refractivity contribution in [3.63, 3.8) is 0 Å². The highest BCUT2D eigenvalue weighted by Crippen LogP contribution is 2.17. The largest absolute Gasteiger partial charge is 0.346 e. The Morgan fingerprint density at radius 3 is 2.72 bits per heavy atom. The molecule has 1 aromatic carbocycles. The lowest BCUT2D eigenvalue weighted by molar-refractivity contribution is 0.854. The van der Waals surface area contributed by atoms with Crippen molar-refractivity contribution in [1.29, 1.82) is 0 Å². The van der Waals surface area contributed by atoms with Gasteiger partial charge >= 0.3 is 0 Å². The molecule has 3 aromatic rings. The maximum atomic E-state index is 11.9. The van der Waals surface area contributed by atoms with Crippen molar-refractivity contribution < 1.29 is 0 Å². The average Bonchev–Trinajstić information content (AvgIpc) is 2.80. The van der Waals surface area contributed by atoms with E-state index < -0.39 is 0 Å². The predicted octanol–water partition coefficient (Wildman–Crippen LogP) is 2.28. The van der Waals surface area contributed by atoms with Gasteiger partial charge in [-0.1, -0.05) is 25.1 Å². The molecule has 0 aliphatic heterocycles. The molecule has 2 heterocycles. The number of nitrogens with zero attached hydrogens (tertiary/aromatic N) is 2. The molecule has 2 aromatic heterocycles. The van der Waals surface area contributed by atoms with Crippen molar-refractivity contribution in [2.45, 2.75) is 13.3 Å². The summed E-state index contributed by atoms with van der Waals surface area (Å²) in [4.78, 5) is 15.0. The molecule has 90 valence electrons. The van der Waals surface area contributed by atoms with Crippen molar-refractivity contribution in [2.75, 3.05) is 0 Å². The summed E-state index contributed by atoms with van der Waals surface area (Å²) in [7, 11) is 0. The minimum atomic E-state index is 0.0165. The first-order valence-corrected chi connectivity index (χ1v) is 5.96. The highest BCUT2D eigenvalue weighted by molar-refractivity contribution is 5.79. The Morgan fingerprint density at radius 2 is 2.00 bits per heavy atom. The number of aromatic amines is 1. The number of pyridine rings is 1. The monoisotopic (exact) mass is 239 g/mol. The maximum absolute atomic E-state index is 11.9. The highest BCUT2D eigenvalue weighted by Gasteiger charge is 2.13. The molecule has 1 N–H and O–H groups in total. The van der Waals surface area contributed by atoms with E-state index in [0.29, 0.717) is 5.39 Å². The molecule has 0 bridgehead atoms. The van der Waals surface area contributed by atoms with E-state index in [1.54, 1.807) is 16.9 Å². The van der Waals surface area contributed by atoms with Gasteiger partial charge in [0.1, 0.15) is 5.65 Å². The topological polar surface area (TPSA) is 50.7 Å². The molecule has 0 amide bonds. The van der Waals surface area contributed by atoms with Gasteiger partial charge in [0.05, 0.1) is 16.8 Å². The number of para-hydroxylation sites is 1. The molecule has 0 saturated carbocycles. The van der Waals surface area contributed by atoms with Crippen LogP contribution in [0.3, 0.4) is 0 Å². The lowest BCUT2D eigenvalue weighted by atomic mass is 10.2. The lowest BCUT2D eigenvalue weighted by Crippen LogP contribution is -2.02. The SMILES string of the molecule is CCc1nn(-c2ccccc2)c2[nH]ccc(=O)c12. The van der Waals surface area contributed by atoms with E-state index in [2.05, 4.69) is 10.1 Å². The molecule has 3 rings (SSSR count). The Morgan fingerprint density at radius 1 is 1.22 bits per heavy atom. The molecule has 0 radical (unpaired) electrons. The fourth-order valence-corrected chi connectivity index (χ4v) is 2.14. The summed E-state index contributed by atoms with van der Waals surface area (Å²) >= 11 is 0. The van der Waals surface area contributed by atoms with Crippen molar-refractivity contribution in [2.24, 2.45) is 0 Å². The molecule has 4 heteroatoms. The molecule has 0 fully saturated rings. The van der Waals surface area contributed by atoms with Gasteiger partial charge in [0.25, 0.3) is 0 Å². The Hall–Kier alpha value is -2.36. The van der Waals surface area contributed by atoms with Gasteiger partial charge in [-0.05, 0) is 18.6 Å². The molecule has 0 aliphatic rings. The van der Waals surface area contributed by atoms with Crippen LogP contribution in [0.2, 0.25) is 0 Å². The van der Waals surface area contributed by atoms with Crippen molar-refractivity contribution in [3.8, 4) is 5.69 Å². The second-order valence-electron chi connectivity index (χ2n) is 4.11. The van der Waals surface area contributed by atoms with Crippen LogP contribution in [-0.2, 0) is 6.42 Å². The third-order valence-electron chi connectivity index (χ3n) is 2.99. The normalized spacial score (nSPS) is 10.9. The van der Waals surface area contributed by atoms with Crippen LogP contribution >= 0.6 is 0 Å². The lowest BCUT2D eigenvalue weighted by Gasteiger charge is -2.01. The molecule has 18 heavy (non-hydrogen) atoms. The smallest absolute Gasteiger partial charge is 0.192 e. The minimum Gasteiger partial charge on any atom is -0.346 e. The van der Waals surface area contributed by atoms with Gasteiger partial charge < -0.3 is 4.98 Å². The average molecular weight is 239 g/mol. The zero-order chi connectivity index (χ0) is 12.5. The van der Waals surface area contributed by atoms with Crippen LogP contribution in [0.1, 0.15) is 12.6 Å². The van der Waals surface area contributed by atoms with Crippen molar-refractivity contribution in [1.82, 2.24) is 14.8 Å². The Labute approximate surface area is 104 Å². The van der Waals surface area contributed by atoms with Gasteiger partial charge in [-0.25, -0.2) is 4.68 Å². The summed E-state index contributed by atoms with van der Waals surface area (Å²) in [6.45, 7) is 2.00. The Bertz CT molecular complexity index is 741. The number of H-pyrrole nitrogens is 1. The second kappa shape index (κ2) is 4.14. The van der Waals surface area contributed by atoms with E-state index in [1.165, 1.54) is 0 Å². The first-order valence-electron chi connectivity index (χ1n) is 5.96. The Kier molecular flexibility index (Phi) is 2.48. The van der Waals surface area contributed by atoms with Crippen molar-refractivity contribution in [3.05, 3.63) is 58.5 Å². The molecule has 0 aliphatic carbocycles. The number of hydrogen-bond donors (Lipinski definition) is 1. The molecule has 0 atom stereocenters. The van der Waals surface area contributed by atoms with Crippen LogP contribution in [-0.4, -0.2) is 14.8 Å². The van der Waals surface area contributed by atoms with Gasteiger partial charge in [-0.2, -0.15) is 5.10 Å². The molecule has 0 spiro atoms. The van der Waals surface area contributed by atoms with Crippen LogP contribution in [0.4, 0.5) is 0 Å². The molecule has 0 unspecified atom stereocenters. The van der Waals surface area contributed by atoms with E-state index >= 15 is 0 Å². The van der Waals surface area contributed by atoms with Crippen LogP contribution < -0.4 is 5.43 Å². The summed E-state index contributed by atoms with van der Waals surface area (Å²) in [6, 6.07) is 11.3. The summed E-state index contributed by atoms with van der Waals surface area (Å²) in [5.74, 6) is 0. The van der Waals surface area contributed by atoms with E-state index in [9.17, 15) is 4.79 Å². The van der Waals surface area contributed by atoms with Gasteiger partial charge in [0, 0.05) is 12.3 Å². The van der Waals surface area contributed by atoms with E-state index in [-0.39, 0.29) is 5.43 Å². The molecule has 0 saturated heterocycles. The summed E-state index contributed by atoms with van der Waals surface area (Å²) < 4.78 is 1.79. The molecular formula is C14H13N3O. The molecule has 4 nitrogen and oxygen atoms in total. The highest BCUT2D eigenvalue weighted by atomic mass is 16.1. The van der Waals surface area contributed by atoms with Gasteiger partial charge in [0.2, 0.25) is 0 Å². The quantitative estimate of drug-likeness (QED) is 0.745. The molecular weight excluding hydrogens is 226 g/mol. The summed E-state index contributed by atoms with van der Waals surface area (Å²) in [5, 5.41) is 5.21. The zero-order valence-corrected chi connectivity index (χ0v) is 10.1. The van der Waals surface area contributed by atoms with E-state index in [1.807, 2.05) is 37.3 Å². The number of rotatable bonds is 2. The zero-order valence-electron chi connectivity index (χ0n) is 10.1. The fraction of sp³-hybridized carbons (Fsp3) is 0.143. The van der Waals surface area contributed by atoms with E-state index in [0.717, 1.165) is 23.4 Å². The summed E-state index contributed by atoms with van der Waals surface area (Å²) in [5.41, 5.74) is 2.55.